The van der Waals surface area contributed by atoms with Gasteiger partial charge in [-0.1, -0.05) is 59.6 Å². The van der Waals surface area contributed by atoms with E-state index in [-0.39, 0.29) is 62.5 Å². The summed E-state index contributed by atoms with van der Waals surface area (Å²) < 4.78 is 42.8. The monoisotopic (exact) mass is 822 g/mol. The maximum absolute atomic E-state index is 7.21. The third kappa shape index (κ3) is 5.07. The Morgan fingerprint density at radius 1 is 0.466 bits per heavy atom. The standard InChI is InChI=1S/C40H32Cl2N8O8/c1-51-26-22-21(25(42)29(54-4)30(26)55-5)35-45-36(22)46-38-24-23(27(52-2)31(56-6)32(57-7)28(24)53-3)37(47-38)44-33-16-12-9-10-13-17(16)34(43-33)48-39-18-14-11-15-19(41)20(18)40(49-35)50(39)58-8/h9-15H,1-8H3,(H,43,44,45,46,47,48,49). The number of benzene rings is 4. The molecule has 18 heteroatoms. The molecule has 9 rings (SSSR count). The van der Waals surface area contributed by atoms with Crippen LogP contribution in [0.1, 0.15) is 0 Å². The molecular weight excluding hydrogens is 791 g/mol. The van der Waals surface area contributed by atoms with Gasteiger partial charge >= 0.3 is 0 Å². The van der Waals surface area contributed by atoms with Crippen LogP contribution in [0.15, 0.2) is 42.5 Å². The third-order valence-corrected chi connectivity index (χ3v) is 10.6. The lowest BCUT2D eigenvalue weighted by atomic mass is 10.0. The second-order valence-electron chi connectivity index (χ2n) is 12.7. The number of aromatic amines is 1. The van der Waals surface area contributed by atoms with Gasteiger partial charge in [-0.25, -0.2) is 29.9 Å². The molecule has 5 heterocycles. The zero-order chi connectivity index (χ0) is 40.6. The van der Waals surface area contributed by atoms with Gasteiger partial charge in [0, 0.05) is 16.5 Å². The lowest BCUT2D eigenvalue weighted by Gasteiger charge is -2.17. The van der Waals surface area contributed by atoms with Crippen LogP contribution in [-0.2, 0) is 0 Å². The van der Waals surface area contributed by atoms with Crippen LogP contribution in [0.5, 0.6) is 40.2 Å². The Hall–Kier alpha value is -6.78. The topological polar surface area (TPSA) is 172 Å². The molecule has 58 heavy (non-hydrogen) atoms. The van der Waals surface area contributed by atoms with E-state index in [1.807, 2.05) is 36.4 Å². The lowest BCUT2D eigenvalue weighted by molar-refractivity contribution is 0.187. The van der Waals surface area contributed by atoms with E-state index in [0.29, 0.717) is 72.0 Å². The number of halogens is 2. The fraction of sp³-hybridized carbons (Fsp3) is 0.200. The number of aromatic nitrogens is 8. The van der Waals surface area contributed by atoms with Gasteiger partial charge in [0.2, 0.25) is 17.2 Å². The summed E-state index contributed by atoms with van der Waals surface area (Å²) in [5, 5.41) is 2.56. The van der Waals surface area contributed by atoms with Gasteiger partial charge < -0.3 is 43.0 Å². The average Bonchev–Trinajstić information content (AvgIpc) is 3.97. The van der Waals surface area contributed by atoms with Gasteiger partial charge in [-0.2, -0.15) is 0 Å². The Kier molecular flexibility index (Phi) is 8.89. The van der Waals surface area contributed by atoms with Gasteiger partial charge in [0.15, 0.2) is 57.6 Å². The van der Waals surface area contributed by atoms with E-state index in [1.165, 1.54) is 61.6 Å². The highest BCUT2D eigenvalue weighted by Gasteiger charge is 2.35. The van der Waals surface area contributed by atoms with Crippen LogP contribution in [0.2, 0.25) is 10.0 Å². The van der Waals surface area contributed by atoms with E-state index in [2.05, 4.69) is 4.98 Å². The summed E-state index contributed by atoms with van der Waals surface area (Å²) in [6, 6.07) is 13.1. The van der Waals surface area contributed by atoms with Crippen LogP contribution in [0.25, 0.3) is 89.7 Å². The van der Waals surface area contributed by atoms with Crippen molar-refractivity contribution in [2.75, 3.05) is 56.9 Å². The Balaban J connectivity index is 1.61. The van der Waals surface area contributed by atoms with Crippen LogP contribution in [0, 0.1) is 0 Å². The molecule has 0 aliphatic carbocycles. The van der Waals surface area contributed by atoms with E-state index >= 15 is 0 Å². The van der Waals surface area contributed by atoms with Gasteiger partial charge in [0.05, 0.1) is 87.1 Å². The van der Waals surface area contributed by atoms with Crippen molar-refractivity contribution in [2.45, 2.75) is 0 Å². The minimum atomic E-state index is 0.123. The number of nitrogens with one attached hydrogen (secondary N) is 1. The predicted molar refractivity (Wildman–Crippen MR) is 218 cm³/mol. The van der Waals surface area contributed by atoms with Gasteiger partial charge in [0.25, 0.3) is 0 Å². The molecule has 7 aromatic rings. The van der Waals surface area contributed by atoms with Gasteiger partial charge in [-0.3, -0.25) is 0 Å². The summed E-state index contributed by atoms with van der Waals surface area (Å²) in [4.78, 5) is 39.9. The largest absolute Gasteiger partial charge is 0.492 e. The summed E-state index contributed by atoms with van der Waals surface area (Å²) >= 11 is 14.2. The molecule has 16 nitrogen and oxygen atoms in total. The number of fused-ring (bicyclic) bond motifs is 20. The summed E-state index contributed by atoms with van der Waals surface area (Å²) in [5.74, 6) is 2.67. The molecule has 0 radical (unpaired) electrons. The van der Waals surface area contributed by atoms with Crippen molar-refractivity contribution in [3.05, 3.63) is 52.5 Å². The average molecular weight is 824 g/mol. The van der Waals surface area contributed by atoms with Crippen molar-refractivity contribution in [1.29, 1.82) is 0 Å². The van der Waals surface area contributed by atoms with Crippen LogP contribution < -0.4 is 38.0 Å². The number of H-pyrrole nitrogens is 1. The quantitative estimate of drug-likeness (QED) is 0.158. The maximum Gasteiger partial charge on any atom is 0.208 e. The molecule has 0 unspecified atom stereocenters. The molecule has 1 N–H and O–H groups in total. The Bertz CT molecular complexity index is 3060. The molecule has 2 aliphatic heterocycles. The van der Waals surface area contributed by atoms with Crippen molar-refractivity contribution >= 4 is 67.3 Å². The second-order valence-corrected chi connectivity index (χ2v) is 13.5. The van der Waals surface area contributed by atoms with E-state index < -0.39 is 0 Å². The van der Waals surface area contributed by atoms with E-state index in [4.69, 9.17) is 91.1 Å². The van der Waals surface area contributed by atoms with Crippen LogP contribution in [0.3, 0.4) is 0 Å². The minimum absolute atomic E-state index is 0.123. The van der Waals surface area contributed by atoms with Crippen molar-refractivity contribution in [3.63, 3.8) is 0 Å². The number of hydrogen-bond acceptors (Lipinski definition) is 14. The van der Waals surface area contributed by atoms with Crippen molar-refractivity contribution in [2.24, 2.45) is 0 Å². The fourth-order valence-corrected chi connectivity index (χ4v) is 8.20. The first-order chi connectivity index (χ1) is 28.3. The molecular formula is C40H32Cl2N8O8. The number of rotatable bonds is 8. The molecule has 2 aliphatic rings. The summed E-state index contributed by atoms with van der Waals surface area (Å²) in [7, 11) is 12.0. The molecule has 0 saturated heterocycles. The molecule has 3 aromatic heterocycles. The first-order valence-electron chi connectivity index (χ1n) is 17.5. The molecule has 0 amide bonds. The van der Waals surface area contributed by atoms with E-state index in [9.17, 15) is 0 Å². The summed E-state index contributed by atoms with van der Waals surface area (Å²) in [6.45, 7) is 0. The maximum atomic E-state index is 7.21. The normalized spacial score (nSPS) is 11.6. The van der Waals surface area contributed by atoms with E-state index in [0.717, 1.165) is 5.56 Å². The molecule has 0 saturated carbocycles. The van der Waals surface area contributed by atoms with Crippen LogP contribution >= 0.6 is 23.2 Å². The fourth-order valence-electron chi connectivity index (χ4n) is 7.60. The number of ether oxygens (including phenoxy) is 7. The predicted octanol–water partition coefficient (Wildman–Crippen LogP) is 7.77. The van der Waals surface area contributed by atoms with Crippen LogP contribution in [0.4, 0.5) is 0 Å². The number of methoxy groups -OCH3 is 7. The number of nitrogens with zero attached hydrogens (tertiary/aromatic N) is 7. The Morgan fingerprint density at radius 2 is 0.966 bits per heavy atom. The van der Waals surface area contributed by atoms with Gasteiger partial charge in [-0.15, -0.1) is 4.73 Å². The first-order valence-corrected chi connectivity index (χ1v) is 18.2. The number of hydrogen-bond donors (Lipinski definition) is 1. The van der Waals surface area contributed by atoms with Crippen molar-refractivity contribution in [3.8, 4) is 85.8 Å². The van der Waals surface area contributed by atoms with E-state index in [1.54, 1.807) is 6.07 Å². The SMILES string of the molecule is COc1c(Cl)c2c(c(OC)c1OC)-c1nc-2nc2c3c(Cl)cccc3c(nc3nc(nc4[nH]c(n1)c1c(OC)c(OC)c(OC)c(OC)c41)-c1ccccc1-3)n2OC. The third-order valence-electron chi connectivity index (χ3n) is 9.95. The van der Waals surface area contributed by atoms with Crippen LogP contribution in [-0.4, -0.2) is 96.5 Å². The molecule has 0 atom stereocenters. The zero-order valence-corrected chi connectivity index (χ0v) is 33.7. The molecule has 0 spiro atoms. The second kappa shape index (κ2) is 14.0. The highest BCUT2D eigenvalue weighted by molar-refractivity contribution is 6.38. The van der Waals surface area contributed by atoms with Gasteiger partial charge in [-0.05, 0) is 6.07 Å². The first kappa shape index (κ1) is 36.8. The van der Waals surface area contributed by atoms with Crippen molar-refractivity contribution in [1.82, 2.24) is 39.6 Å². The van der Waals surface area contributed by atoms with Gasteiger partial charge in [0.1, 0.15) is 18.4 Å². The minimum Gasteiger partial charge on any atom is -0.492 e. The Labute approximate surface area is 339 Å². The summed E-state index contributed by atoms with van der Waals surface area (Å²) in [6.07, 6.45) is 0. The lowest BCUT2D eigenvalue weighted by Crippen LogP contribution is -2.07. The molecule has 294 valence electrons. The highest BCUT2D eigenvalue weighted by atomic mass is 35.5. The van der Waals surface area contributed by atoms with Crippen molar-refractivity contribution < 1.29 is 38.0 Å². The smallest absolute Gasteiger partial charge is 0.208 e. The Morgan fingerprint density at radius 3 is 1.53 bits per heavy atom. The summed E-state index contributed by atoms with van der Waals surface area (Å²) in [5.41, 5.74) is 3.30. The molecule has 8 bridgehead atoms. The molecule has 0 fully saturated rings. The zero-order valence-electron chi connectivity index (χ0n) is 32.2. The highest BCUT2D eigenvalue weighted by Crippen LogP contribution is 2.57. The molecule has 4 aromatic carbocycles.